The zero-order chi connectivity index (χ0) is 9.97. The Hall–Kier alpha value is -0.0800. The fraction of sp³-hybridized carbons (Fsp3) is 1.00. The van der Waals surface area contributed by atoms with E-state index in [1.165, 1.54) is 45.3 Å². The van der Waals surface area contributed by atoms with Gasteiger partial charge in [-0.05, 0) is 44.7 Å². The first-order valence-electron chi connectivity index (χ1n) is 6.29. The topological polar surface area (TPSA) is 15.3 Å². The summed E-state index contributed by atoms with van der Waals surface area (Å²) in [5.74, 6) is 0.892. The van der Waals surface area contributed by atoms with Crippen LogP contribution in [0.1, 0.15) is 39.5 Å². The van der Waals surface area contributed by atoms with E-state index in [2.05, 4.69) is 24.1 Å². The Kier molecular flexibility index (Phi) is 3.45. The molecule has 2 saturated heterocycles. The van der Waals surface area contributed by atoms with Crippen LogP contribution in [0.25, 0.3) is 0 Å². The minimum atomic E-state index is 0.816. The molecule has 1 N–H and O–H groups in total. The van der Waals surface area contributed by atoms with Gasteiger partial charge in [0.15, 0.2) is 0 Å². The van der Waals surface area contributed by atoms with Gasteiger partial charge in [0.25, 0.3) is 0 Å². The smallest absolute Gasteiger partial charge is 0.0249 e. The zero-order valence-corrected chi connectivity index (χ0v) is 9.63. The van der Waals surface area contributed by atoms with Crippen LogP contribution in [0.15, 0.2) is 0 Å². The largest absolute Gasteiger partial charge is 0.315 e. The lowest BCUT2D eigenvalue weighted by Crippen LogP contribution is -2.51. The second-order valence-corrected chi connectivity index (χ2v) is 4.98. The van der Waals surface area contributed by atoms with Gasteiger partial charge in [-0.25, -0.2) is 0 Å². The van der Waals surface area contributed by atoms with Gasteiger partial charge >= 0.3 is 0 Å². The molecule has 2 fully saturated rings. The van der Waals surface area contributed by atoms with E-state index in [0.717, 1.165) is 18.0 Å². The summed E-state index contributed by atoms with van der Waals surface area (Å²) in [4.78, 5) is 2.77. The number of likely N-dealkylation sites (tertiary alicyclic amines) is 1. The third kappa shape index (κ3) is 1.96. The van der Waals surface area contributed by atoms with E-state index in [1.807, 2.05) is 0 Å². The Morgan fingerprint density at radius 1 is 1.36 bits per heavy atom. The van der Waals surface area contributed by atoms with Crippen molar-refractivity contribution in [3.8, 4) is 0 Å². The lowest BCUT2D eigenvalue weighted by atomic mass is 9.92. The molecule has 2 heterocycles. The van der Waals surface area contributed by atoms with Crippen LogP contribution in [0.5, 0.6) is 0 Å². The number of piperidine rings is 1. The van der Waals surface area contributed by atoms with Crippen LogP contribution in [-0.2, 0) is 0 Å². The highest BCUT2D eigenvalue weighted by molar-refractivity contribution is 4.90. The van der Waals surface area contributed by atoms with Gasteiger partial charge < -0.3 is 5.32 Å². The van der Waals surface area contributed by atoms with E-state index < -0.39 is 0 Å². The van der Waals surface area contributed by atoms with Gasteiger partial charge in [-0.15, -0.1) is 0 Å². The summed E-state index contributed by atoms with van der Waals surface area (Å²) in [6.45, 7) is 8.55. The van der Waals surface area contributed by atoms with Crippen molar-refractivity contribution in [1.82, 2.24) is 10.2 Å². The van der Waals surface area contributed by atoms with E-state index in [0.29, 0.717) is 0 Å². The minimum absolute atomic E-state index is 0.816. The van der Waals surface area contributed by atoms with Crippen LogP contribution >= 0.6 is 0 Å². The molecule has 0 amide bonds. The van der Waals surface area contributed by atoms with Crippen molar-refractivity contribution in [1.29, 1.82) is 0 Å². The summed E-state index contributed by atoms with van der Waals surface area (Å²) in [7, 11) is 0. The molecule has 0 aromatic rings. The quantitative estimate of drug-likeness (QED) is 0.725. The van der Waals surface area contributed by atoms with Crippen LogP contribution < -0.4 is 5.32 Å². The summed E-state index contributed by atoms with van der Waals surface area (Å²) in [6, 6.07) is 1.69. The minimum Gasteiger partial charge on any atom is -0.315 e. The van der Waals surface area contributed by atoms with Crippen molar-refractivity contribution in [3.05, 3.63) is 0 Å². The Balaban J connectivity index is 1.97. The van der Waals surface area contributed by atoms with Gasteiger partial charge in [-0.3, -0.25) is 4.90 Å². The lowest BCUT2D eigenvalue weighted by Gasteiger charge is -2.39. The van der Waals surface area contributed by atoms with E-state index in [-0.39, 0.29) is 0 Å². The van der Waals surface area contributed by atoms with Gasteiger partial charge in [0.1, 0.15) is 0 Å². The molecule has 2 rings (SSSR count). The number of hydrogen-bond donors (Lipinski definition) is 1. The zero-order valence-electron chi connectivity index (χ0n) is 9.63. The fourth-order valence-electron chi connectivity index (χ4n) is 3.15. The molecule has 0 aromatic heterocycles. The molecule has 82 valence electrons. The van der Waals surface area contributed by atoms with Crippen molar-refractivity contribution in [2.24, 2.45) is 5.92 Å². The number of nitrogens with zero attached hydrogens (tertiary/aromatic N) is 1. The molecule has 0 spiro atoms. The SMILES string of the molecule is CCC1CCCN1C1CNCCC1C. The molecule has 0 aliphatic carbocycles. The Morgan fingerprint density at radius 2 is 2.21 bits per heavy atom. The average molecular weight is 196 g/mol. The van der Waals surface area contributed by atoms with Crippen molar-refractivity contribution in [3.63, 3.8) is 0 Å². The maximum absolute atomic E-state index is 3.55. The van der Waals surface area contributed by atoms with Crippen LogP contribution in [0.4, 0.5) is 0 Å². The third-order valence-corrected chi connectivity index (χ3v) is 4.11. The van der Waals surface area contributed by atoms with Crippen molar-refractivity contribution in [2.75, 3.05) is 19.6 Å². The Labute approximate surface area is 88.1 Å². The van der Waals surface area contributed by atoms with Crippen LogP contribution in [-0.4, -0.2) is 36.6 Å². The highest BCUT2D eigenvalue weighted by Crippen LogP contribution is 2.27. The lowest BCUT2D eigenvalue weighted by molar-refractivity contribution is 0.108. The number of nitrogens with one attached hydrogen (secondary N) is 1. The molecule has 2 nitrogen and oxygen atoms in total. The normalized spacial score (nSPS) is 40.3. The highest BCUT2D eigenvalue weighted by Gasteiger charge is 2.33. The molecule has 0 bridgehead atoms. The second kappa shape index (κ2) is 4.63. The highest BCUT2D eigenvalue weighted by atomic mass is 15.2. The Bertz CT molecular complexity index is 181. The third-order valence-electron chi connectivity index (χ3n) is 4.11. The maximum Gasteiger partial charge on any atom is 0.0249 e. The van der Waals surface area contributed by atoms with Crippen molar-refractivity contribution in [2.45, 2.75) is 51.6 Å². The molecule has 2 heteroatoms. The molecule has 0 saturated carbocycles. The first kappa shape index (κ1) is 10.4. The van der Waals surface area contributed by atoms with Gasteiger partial charge in [0.2, 0.25) is 0 Å². The van der Waals surface area contributed by atoms with E-state index in [1.54, 1.807) is 0 Å². The molecule has 2 aliphatic heterocycles. The number of hydrogen-bond acceptors (Lipinski definition) is 2. The van der Waals surface area contributed by atoms with E-state index >= 15 is 0 Å². The maximum atomic E-state index is 3.55. The molecule has 2 aliphatic rings. The average Bonchev–Trinajstić information content (AvgIpc) is 2.66. The van der Waals surface area contributed by atoms with Crippen LogP contribution in [0, 0.1) is 5.92 Å². The predicted octanol–water partition coefficient (Wildman–Crippen LogP) is 1.86. The first-order chi connectivity index (χ1) is 6.83. The van der Waals surface area contributed by atoms with Gasteiger partial charge in [0.05, 0.1) is 0 Å². The van der Waals surface area contributed by atoms with Crippen LogP contribution in [0.2, 0.25) is 0 Å². The summed E-state index contributed by atoms with van der Waals surface area (Å²) in [5.41, 5.74) is 0. The van der Waals surface area contributed by atoms with Gasteiger partial charge in [-0.2, -0.15) is 0 Å². The summed E-state index contributed by atoms with van der Waals surface area (Å²) in [6.07, 6.45) is 5.54. The van der Waals surface area contributed by atoms with Crippen LogP contribution in [0.3, 0.4) is 0 Å². The first-order valence-corrected chi connectivity index (χ1v) is 6.29. The molecule has 3 atom stereocenters. The molecule has 14 heavy (non-hydrogen) atoms. The van der Waals surface area contributed by atoms with E-state index in [4.69, 9.17) is 0 Å². The van der Waals surface area contributed by atoms with Gasteiger partial charge in [-0.1, -0.05) is 13.8 Å². The summed E-state index contributed by atoms with van der Waals surface area (Å²) in [5, 5.41) is 3.55. The molecule has 0 aromatic carbocycles. The molecular weight excluding hydrogens is 172 g/mol. The molecule has 0 radical (unpaired) electrons. The summed E-state index contributed by atoms with van der Waals surface area (Å²) >= 11 is 0. The predicted molar refractivity (Wildman–Crippen MR) is 60.5 cm³/mol. The molecular formula is C12H24N2. The summed E-state index contributed by atoms with van der Waals surface area (Å²) < 4.78 is 0. The van der Waals surface area contributed by atoms with Crippen molar-refractivity contribution >= 4 is 0 Å². The number of rotatable bonds is 2. The van der Waals surface area contributed by atoms with Gasteiger partial charge in [0, 0.05) is 18.6 Å². The fourth-order valence-corrected chi connectivity index (χ4v) is 3.15. The van der Waals surface area contributed by atoms with Crippen molar-refractivity contribution < 1.29 is 0 Å². The monoisotopic (exact) mass is 196 g/mol. The van der Waals surface area contributed by atoms with E-state index in [9.17, 15) is 0 Å². The second-order valence-electron chi connectivity index (χ2n) is 4.98. The Morgan fingerprint density at radius 3 is 2.93 bits per heavy atom. The standard InChI is InChI=1S/C12H24N2/c1-3-11-5-4-8-14(11)12-9-13-7-6-10(12)2/h10-13H,3-9H2,1-2H3. The molecule has 3 unspecified atom stereocenters.